The van der Waals surface area contributed by atoms with Gasteiger partial charge in [0.05, 0.1) is 6.54 Å². The molecule has 0 atom stereocenters. The normalized spacial score (nSPS) is 14.8. The van der Waals surface area contributed by atoms with Crippen LogP contribution in [0.5, 0.6) is 0 Å². The van der Waals surface area contributed by atoms with Crippen LogP contribution < -0.4 is 10.6 Å². The Morgan fingerprint density at radius 3 is 2.77 bits per heavy atom. The smallest absolute Gasteiger partial charge is 0.220 e. The molecule has 0 bridgehead atoms. The van der Waals surface area contributed by atoms with Crippen LogP contribution in [-0.2, 0) is 11.2 Å². The van der Waals surface area contributed by atoms with Crippen molar-refractivity contribution in [2.24, 2.45) is 10.9 Å². The van der Waals surface area contributed by atoms with Crippen LogP contribution in [0.4, 0.5) is 0 Å². The summed E-state index contributed by atoms with van der Waals surface area (Å²) in [7, 11) is 2.06. The van der Waals surface area contributed by atoms with Gasteiger partial charge in [-0.1, -0.05) is 18.9 Å². The summed E-state index contributed by atoms with van der Waals surface area (Å²) in [5.41, 5.74) is 0. The number of carbonyl (C=O) groups excluding carboxylic acids is 1. The molecule has 1 aromatic rings. The van der Waals surface area contributed by atoms with Gasteiger partial charge in [0.2, 0.25) is 5.91 Å². The third-order valence-electron chi connectivity index (χ3n) is 4.61. The van der Waals surface area contributed by atoms with Crippen LogP contribution in [0.15, 0.2) is 22.5 Å². The molecule has 0 saturated heterocycles. The highest BCUT2D eigenvalue weighted by molar-refractivity contribution is 14.0. The van der Waals surface area contributed by atoms with Crippen molar-refractivity contribution in [3.63, 3.8) is 0 Å². The summed E-state index contributed by atoms with van der Waals surface area (Å²) in [6.07, 6.45) is 6.70. The lowest BCUT2D eigenvalue weighted by Crippen LogP contribution is -2.40. The number of thiophene rings is 1. The molecular weight excluding hydrogens is 459 g/mol. The zero-order chi connectivity index (χ0) is 17.9. The highest BCUT2D eigenvalue weighted by Crippen LogP contribution is 2.27. The highest BCUT2D eigenvalue weighted by Gasteiger charge is 2.17. The molecular formula is C19H33IN4OS. The second-order valence-corrected chi connectivity index (χ2v) is 7.72. The fourth-order valence-electron chi connectivity index (χ4n) is 3.21. The van der Waals surface area contributed by atoms with Crippen molar-refractivity contribution in [2.75, 3.05) is 33.2 Å². The molecule has 0 aliphatic heterocycles. The van der Waals surface area contributed by atoms with E-state index in [1.165, 1.54) is 30.6 Å². The lowest BCUT2D eigenvalue weighted by atomic mass is 10.0. The average Bonchev–Trinajstić information content (AvgIpc) is 3.29. The van der Waals surface area contributed by atoms with E-state index in [1.54, 1.807) is 11.3 Å². The zero-order valence-corrected chi connectivity index (χ0v) is 19.1. The number of nitrogens with one attached hydrogen (secondary N) is 2. The first-order chi connectivity index (χ1) is 12.2. The van der Waals surface area contributed by atoms with E-state index in [-0.39, 0.29) is 29.9 Å². The molecule has 0 aromatic carbocycles. The predicted molar refractivity (Wildman–Crippen MR) is 122 cm³/mol. The van der Waals surface area contributed by atoms with Crippen molar-refractivity contribution in [3.8, 4) is 0 Å². The van der Waals surface area contributed by atoms with Gasteiger partial charge in [-0.05, 0) is 43.6 Å². The van der Waals surface area contributed by atoms with Crippen LogP contribution in [0.3, 0.4) is 0 Å². The third-order valence-corrected chi connectivity index (χ3v) is 5.55. The molecule has 148 valence electrons. The van der Waals surface area contributed by atoms with Gasteiger partial charge in [0.25, 0.3) is 0 Å². The maximum Gasteiger partial charge on any atom is 0.220 e. The molecule has 2 N–H and O–H groups in total. The van der Waals surface area contributed by atoms with E-state index >= 15 is 0 Å². The summed E-state index contributed by atoms with van der Waals surface area (Å²) in [5, 5.41) is 8.45. The molecule has 7 heteroatoms. The molecule has 1 heterocycles. The predicted octanol–water partition coefficient (Wildman–Crippen LogP) is 3.50. The fourth-order valence-corrected chi connectivity index (χ4v) is 3.91. The van der Waals surface area contributed by atoms with E-state index < -0.39 is 0 Å². The number of halogens is 1. The fraction of sp³-hybridized carbons (Fsp3) is 0.684. The van der Waals surface area contributed by atoms with Gasteiger partial charge in [-0.3, -0.25) is 9.79 Å². The molecule has 0 unspecified atom stereocenters. The summed E-state index contributed by atoms with van der Waals surface area (Å²) in [5.74, 6) is 1.69. The maximum atomic E-state index is 12.0. The number of likely N-dealkylation sites (N-methyl/N-ethyl adjacent to an activating group) is 1. The number of nitrogens with zero attached hydrogens (tertiary/aromatic N) is 2. The summed E-state index contributed by atoms with van der Waals surface area (Å²) in [6, 6.07) is 4.26. The Morgan fingerprint density at radius 2 is 2.12 bits per heavy atom. The van der Waals surface area contributed by atoms with Crippen LogP contribution >= 0.6 is 35.3 Å². The largest absolute Gasteiger partial charge is 0.357 e. The molecule has 0 spiro atoms. The van der Waals surface area contributed by atoms with Crippen LogP contribution in [0.1, 0.15) is 43.9 Å². The first kappa shape index (κ1) is 23.2. The summed E-state index contributed by atoms with van der Waals surface area (Å²) >= 11 is 1.79. The van der Waals surface area contributed by atoms with Gasteiger partial charge in [-0.15, -0.1) is 35.3 Å². The molecule has 1 saturated carbocycles. The van der Waals surface area contributed by atoms with Crippen LogP contribution in [0.2, 0.25) is 0 Å². The number of carbonyl (C=O) groups is 1. The van der Waals surface area contributed by atoms with Crippen molar-refractivity contribution in [2.45, 2.75) is 45.4 Å². The first-order valence-corrected chi connectivity index (χ1v) is 10.4. The minimum atomic E-state index is 0. The molecule has 1 aliphatic carbocycles. The molecule has 2 rings (SSSR count). The summed E-state index contributed by atoms with van der Waals surface area (Å²) in [4.78, 5) is 20.1. The maximum absolute atomic E-state index is 12.0. The molecule has 1 aromatic heterocycles. The lowest BCUT2D eigenvalue weighted by molar-refractivity contribution is -0.121. The Balaban J connectivity index is 0.00000338. The van der Waals surface area contributed by atoms with E-state index in [1.807, 2.05) is 0 Å². The number of guanidine groups is 1. The van der Waals surface area contributed by atoms with Gasteiger partial charge in [0.15, 0.2) is 5.96 Å². The van der Waals surface area contributed by atoms with Crippen LogP contribution in [-0.4, -0.2) is 50.0 Å². The zero-order valence-electron chi connectivity index (χ0n) is 16.0. The second kappa shape index (κ2) is 13.4. The van der Waals surface area contributed by atoms with Gasteiger partial charge < -0.3 is 15.5 Å². The number of hydrogen-bond donors (Lipinski definition) is 2. The van der Waals surface area contributed by atoms with Crippen molar-refractivity contribution in [1.82, 2.24) is 15.5 Å². The lowest BCUT2D eigenvalue weighted by Gasteiger charge is -2.21. The highest BCUT2D eigenvalue weighted by atomic mass is 127. The molecule has 26 heavy (non-hydrogen) atoms. The van der Waals surface area contributed by atoms with Crippen molar-refractivity contribution in [3.05, 3.63) is 22.4 Å². The standard InChI is InChI=1S/C19H32N4OS.HI/c1-3-20-19(23(2)13-10-17-9-6-14-25-17)22-12-11-21-18(24)15-16-7-4-5-8-16;/h6,9,14,16H,3-5,7-8,10-13,15H2,1-2H3,(H,20,22)(H,21,24);1H. The quantitative estimate of drug-likeness (QED) is 0.240. The van der Waals surface area contributed by atoms with Gasteiger partial charge in [-0.2, -0.15) is 0 Å². The summed E-state index contributed by atoms with van der Waals surface area (Å²) in [6.45, 7) is 5.07. The van der Waals surface area contributed by atoms with E-state index in [0.717, 1.165) is 25.5 Å². The van der Waals surface area contributed by atoms with Crippen LogP contribution in [0, 0.1) is 5.92 Å². The average molecular weight is 492 g/mol. The van der Waals surface area contributed by atoms with Crippen molar-refractivity contribution < 1.29 is 4.79 Å². The summed E-state index contributed by atoms with van der Waals surface area (Å²) < 4.78 is 0. The second-order valence-electron chi connectivity index (χ2n) is 6.69. The SMILES string of the molecule is CCNC(=NCCNC(=O)CC1CCCC1)N(C)CCc1cccs1.I. The third kappa shape index (κ3) is 8.70. The van der Waals surface area contributed by atoms with E-state index in [9.17, 15) is 4.79 Å². The topological polar surface area (TPSA) is 56.7 Å². The number of rotatable bonds is 9. The van der Waals surface area contributed by atoms with Gasteiger partial charge >= 0.3 is 0 Å². The molecule has 1 amide bonds. The Labute approximate surface area is 179 Å². The van der Waals surface area contributed by atoms with Gasteiger partial charge in [0, 0.05) is 38.0 Å². The number of hydrogen-bond acceptors (Lipinski definition) is 3. The van der Waals surface area contributed by atoms with Crippen molar-refractivity contribution >= 4 is 47.2 Å². The Hall–Kier alpha value is -0.830. The van der Waals surface area contributed by atoms with Gasteiger partial charge in [-0.25, -0.2) is 0 Å². The monoisotopic (exact) mass is 492 g/mol. The molecule has 5 nitrogen and oxygen atoms in total. The molecule has 0 radical (unpaired) electrons. The minimum absolute atomic E-state index is 0. The van der Waals surface area contributed by atoms with E-state index in [2.05, 4.69) is 52.0 Å². The Morgan fingerprint density at radius 1 is 1.35 bits per heavy atom. The van der Waals surface area contributed by atoms with Gasteiger partial charge in [0.1, 0.15) is 0 Å². The first-order valence-electron chi connectivity index (χ1n) is 9.47. The molecule has 1 fully saturated rings. The Bertz CT molecular complexity index is 530. The van der Waals surface area contributed by atoms with E-state index in [4.69, 9.17) is 0 Å². The van der Waals surface area contributed by atoms with Crippen LogP contribution in [0.25, 0.3) is 0 Å². The van der Waals surface area contributed by atoms with Crippen molar-refractivity contribution in [1.29, 1.82) is 0 Å². The number of aliphatic imine (C=N–C) groups is 1. The number of amides is 1. The Kier molecular flexibility index (Phi) is 11.9. The molecule has 1 aliphatic rings. The van der Waals surface area contributed by atoms with E-state index in [0.29, 0.717) is 25.4 Å². The minimum Gasteiger partial charge on any atom is -0.357 e.